The van der Waals surface area contributed by atoms with Gasteiger partial charge in [-0.2, -0.15) is 5.06 Å². The highest BCUT2D eigenvalue weighted by molar-refractivity contribution is 6.01. The van der Waals surface area contributed by atoms with Crippen LogP contribution < -0.4 is 0 Å². The number of aliphatic hydroxyl groups is 2. The number of aryl methyl sites for hydroxylation is 2. The van der Waals surface area contributed by atoms with E-state index in [4.69, 9.17) is 9.36 Å². The normalized spacial score (nSPS) is 45.8. The van der Waals surface area contributed by atoms with Crippen molar-refractivity contribution >= 4 is 11.6 Å². The van der Waals surface area contributed by atoms with E-state index < -0.39 is 70.3 Å². The molecule has 4 fully saturated rings. The molecule has 1 aliphatic heterocycles. The highest BCUT2D eigenvalue weighted by Gasteiger charge is 2.79. The van der Waals surface area contributed by atoms with E-state index in [-0.39, 0.29) is 18.4 Å². The summed E-state index contributed by atoms with van der Waals surface area (Å²) in [5.41, 5.74) is -4.67. The second kappa shape index (κ2) is 8.13. The Balaban J connectivity index is 1.41. The maximum Gasteiger partial charge on any atom is 0.192 e. The number of hydrogen-bond donors (Lipinski definition) is 2. The molecule has 1 aromatic rings. The van der Waals surface area contributed by atoms with Gasteiger partial charge in [-0.3, -0.25) is 14.4 Å². The van der Waals surface area contributed by atoms with Crippen LogP contribution in [0.1, 0.15) is 50.1 Å². The number of fused-ring (bicyclic) bond motifs is 7. The van der Waals surface area contributed by atoms with E-state index in [9.17, 15) is 19.8 Å². The van der Waals surface area contributed by atoms with E-state index in [0.29, 0.717) is 31.0 Å². The highest BCUT2D eigenvalue weighted by Crippen LogP contribution is 2.72. The number of alkyl halides is 2. The fourth-order valence-electron chi connectivity index (χ4n) is 8.94. The number of rotatable bonds is 4. The largest absolute Gasteiger partial charge is 0.390 e. The first-order valence-electron chi connectivity index (χ1n) is 13.3. The number of hydroxylamine groups is 2. The lowest BCUT2D eigenvalue weighted by Crippen LogP contribution is -2.70. The molecular weight excluding hydrogens is 498 g/mol. The molecule has 2 N–H and O–H groups in total. The summed E-state index contributed by atoms with van der Waals surface area (Å²) < 4.78 is 38.4. The van der Waals surface area contributed by atoms with E-state index >= 15 is 8.78 Å². The molecule has 0 bridgehead atoms. The van der Waals surface area contributed by atoms with Crippen molar-refractivity contribution in [2.45, 2.75) is 77.0 Å². The molecule has 4 aliphatic carbocycles. The minimum Gasteiger partial charge on any atom is -0.390 e. The SMILES string of the molecule is Cc1noc(C)c1CN1C[C@@H]2C[C@H]3[C@@H]4C[C@H](F)C5=CC(=O)C=C[C@]5(C)[C@@]4(F)[C@@H](O)C[C@]3(C)[C@]2(C(=O)CO)O1. The lowest BCUT2D eigenvalue weighted by Gasteiger charge is -2.63. The predicted octanol–water partition coefficient (Wildman–Crippen LogP) is 2.88. The Labute approximate surface area is 219 Å². The zero-order valence-electron chi connectivity index (χ0n) is 22.0. The molecule has 0 unspecified atom stereocenters. The molecule has 206 valence electrons. The zero-order valence-corrected chi connectivity index (χ0v) is 22.0. The number of Topliss-reactive ketones (excluding diaryl/α,β-unsaturated/α-hetero) is 1. The predicted molar refractivity (Wildman–Crippen MR) is 130 cm³/mol. The van der Waals surface area contributed by atoms with Gasteiger partial charge >= 0.3 is 0 Å². The number of allylic oxidation sites excluding steroid dienone is 4. The second-order valence-corrected chi connectivity index (χ2v) is 12.3. The van der Waals surface area contributed by atoms with Gasteiger partial charge in [0.25, 0.3) is 0 Å². The van der Waals surface area contributed by atoms with Crippen molar-refractivity contribution in [1.82, 2.24) is 10.2 Å². The van der Waals surface area contributed by atoms with Gasteiger partial charge in [0, 0.05) is 34.8 Å². The standard InChI is InChI=1S/C28H34F2N2O6/c1-14-18(15(2)37-31-14)12-32-11-16-7-19-20-9-22(29)21-8-17(34)5-6-25(21,3)27(20,30)23(35)10-26(19,4)28(16,38-32)24(36)13-33/h5-6,8,16,19-20,22-23,33,35H,7,9-13H2,1-4H3/t16-,19-,20-,22-,23-,25-,26-,27-,28-/m0/s1. The van der Waals surface area contributed by atoms with Crippen molar-refractivity contribution in [1.29, 1.82) is 0 Å². The van der Waals surface area contributed by atoms with Gasteiger partial charge < -0.3 is 14.7 Å². The van der Waals surface area contributed by atoms with E-state index in [1.54, 1.807) is 18.9 Å². The molecule has 0 aromatic carbocycles. The van der Waals surface area contributed by atoms with Gasteiger partial charge in [-0.25, -0.2) is 8.78 Å². The van der Waals surface area contributed by atoms with Crippen LogP contribution in [0.5, 0.6) is 0 Å². The molecule has 0 amide bonds. The summed E-state index contributed by atoms with van der Waals surface area (Å²) in [5.74, 6) is -2.07. The minimum atomic E-state index is -2.23. The summed E-state index contributed by atoms with van der Waals surface area (Å²) >= 11 is 0. The molecule has 6 rings (SSSR count). The fourth-order valence-corrected chi connectivity index (χ4v) is 8.94. The van der Waals surface area contributed by atoms with Crippen LogP contribution in [0.25, 0.3) is 0 Å². The third-order valence-electron chi connectivity index (χ3n) is 10.8. The topological polar surface area (TPSA) is 113 Å². The second-order valence-electron chi connectivity index (χ2n) is 12.3. The highest BCUT2D eigenvalue weighted by atomic mass is 19.1. The Bertz CT molecular complexity index is 1260. The number of halogens is 2. The number of carbonyl (C=O) groups is 2. The van der Waals surface area contributed by atoms with Crippen molar-refractivity contribution in [3.8, 4) is 0 Å². The van der Waals surface area contributed by atoms with E-state index in [1.165, 1.54) is 18.2 Å². The number of aromatic nitrogens is 1. The van der Waals surface area contributed by atoms with Crippen molar-refractivity contribution < 1.29 is 37.9 Å². The Kier molecular flexibility index (Phi) is 5.56. The Morgan fingerprint density at radius 1 is 1.26 bits per heavy atom. The molecule has 0 radical (unpaired) electrons. The quantitative estimate of drug-likeness (QED) is 0.609. The minimum absolute atomic E-state index is 0.0626. The first-order chi connectivity index (χ1) is 17.8. The Morgan fingerprint density at radius 2 is 2.00 bits per heavy atom. The molecule has 1 saturated heterocycles. The maximum atomic E-state index is 17.4. The summed E-state index contributed by atoms with van der Waals surface area (Å²) in [6, 6.07) is 0. The fraction of sp³-hybridized carbons (Fsp3) is 0.679. The van der Waals surface area contributed by atoms with Gasteiger partial charge in [0.1, 0.15) is 18.5 Å². The van der Waals surface area contributed by atoms with Crippen molar-refractivity contribution in [2.75, 3.05) is 13.2 Å². The van der Waals surface area contributed by atoms with Gasteiger partial charge in [-0.05, 0) is 63.7 Å². The van der Waals surface area contributed by atoms with Gasteiger partial charge in [0.15, 0.2) is 22.8 Å². The zero-order chi connectivity index (χ0) is 27.4. The average Bonchev–Trinajstić information content (AvgIpc) is 3.47. The molecular formula is C28H34F2N2O6. The Morgan fingerprint density at radius 3 is 2.66 bits per heavy atom. The van der Waals surface area contributed by atoms with Crippen LogP contribution in [0, 0.1) is 42.4 Å². The monoisotopic (exact) mass is 532 g/mol. The number of nitrogens with zero attached hydrogens (tertiary/aromatic N) is 2. The molecule has 38 heavy (non-hydrogen) atoms. The maximum absolute atomic E-state index is 17.4. The van der Waals surface area contributed by atoms with Gasteiger partial charge in [-0.15, -0.1) is 0 Å². The summed E-state index contributed by atoms with van der Waals surface area (Å²) in [6.45, 7) is 6.88. The lowest BCUT2D eigenvalue weighted by molar-refractivity contribution is -0.269. The van der Waals surface area contributed by atoms with Gasteiger partial charge in [0.05, 0.1) is 18.3 Å². The third kappa shape index (κ3) is 2.95. The number of hydrogen-bond acceptors (Lipinski definition) is 8. The first kappa shape index (κ1) is 26.0. The van der Waals surface area contributed by atoms with Crippen LogP contribution >= 0.6 is 0 Å². The average molecular weight is 533 g/mol. The van der Waals surface area contributed by atoms with Crippen LogP contribution in [-0.4, -0.2) is 68.7 Å². The van der Waals surface area contributed by atoms with E-state index in [2.05, 4.69) is 5.16 Å². The van der Waals surface area contributed by atoms with Crippen LogP contribution in [-0.2, 0) is 21.0 Å². The third-order valence-corrected chi connectivity index (χ3v) is 10.8. The molecule has 9 atom stereocenters. The summed E-state index contributed by atoms with van der Waals surface area (Å²) in [5, 5.41) is 27.3. The number of aliphatic hydroxyl groups excluding tert-OH is 2. The molecule has 1 aromatic heterocycles. The molecule has 2 heterocycles. The molecule has 8 nitrogen and oxygen atoms in total. The van der Waals surface area contributed by atoms with Gasteiger partial charge in [-0.1, -0.05) is 18.2 Å². The smallest absolute Gasteiger partial charge is 0.192 e. The molecule has 3 saturated carbocycles. The van der Waals surface area contributed by atoms with Crippen LogP contribution in [0.4, 0.5) is 8.78 Å². The van der Waals surface area contributed by atoms with Crippen molar-refractivity contribution in [2.24, 2.45) is 28.6 Å². The summed E-state index contributed by atoms with van der Waals surface area (Å²) in [4.78, 5) is 32.1. The number of ketones is 2. The molecule has 0 spiro atoms. The molecule has 10 heteroatoms. The first-order valence-corrected chi connectivity index (χ1v) is 13.3. The molecule has 5 aliphatic rings. The Hall–Kier alpha value is -2.27. The number of carbonyl (C=O) groups excluding carboxylic acids is 2. The van der Waals surface area contributed by atoms with Crippen LogP contribution in [0.2, 0.25) is 0 Å². The summed E-state index contributed by atoms with van der Waals surface area (Å²) in [6.07, 6.45) is 0.793. The van der Waals surface area contributed by atoms with E-state index in [1.807, 2.05) is 13.8 Å². The van der Waals surface area contributed by atoms with Gasteiger partial charge in [0.2, 0.25) is 0 Å². The lowest BCUT2D eigenvalue weighted by atomic mass is 9.44. The van der Waals surface area contributed by atoms with E-state index in [0.717, 1.165) is 5.56 Å². The van der Waals surface area contributed by atoms with Crippen LogP contribution in [0.3, 0.4) is 0 Å². The van der Waals surface area contributed by atoms with Crippen LogP contribution in [0.15, 0.2) is 28.3 Å². The van der Waals surface area contributed by atoms with Crippen molar-refractivity contribution in [3.05, 3.63) is 40.8 Å². The summed E-state index contributed by atoms with van der Waals surface area (Å²) in [7, 11) is 0. The van der Waals surface area contributed by atoms with Crippen molar-refractivity contribution in [3.63, 3.8) is 0 Å².